The average Bonchev–Trinajstić information content (AvgIpc) is 3.02. The van der Waals surface area contributed by atoms with Gasteiger partial charge in [0.25, 0.3) is 0 Å². The van der Waals surface area contributed by atoms with Crippen molar-refractivity contribution < 1.29 is 4.79 Å². The van der Waals surface area contributed by atoms with E-state index in [-0.39, 0.29) is 17.9 Å². The number of carbonyl (C=O) groups excluding carboxylic acids is 1. The minimum Gasteiger partial charge on any atom is -0.355 e. The first kappa shape index (κ1) is 15.9. The summed E-state index contributed by atoms with van der Waals surface area (Å²) in [5, 5.41) is 6.13. The zero-order valence-corrected chi connectivity index (χ0v) is 14.2. The van der Waals surface area contributed by atoms with Gasteiger partial charge in [-0.05, 0) is 26.7 Å². The Bertz CT molecular complexity index is 652. The van der Waals surface area contributed by atoms with Crippen molar-refractivity contribution in [2.24, 2.45) is 5.92 Å². The maximum Gasteiger partial charge on any atom is 0.223 e. The summed E-state index contributed by atoms with van der Waals surface area (Å²) in [6.45, 7) is 5.63. The van der Waals surface area contributed by atoms with Gasteiger partial charge in [-0.3, -0.25) is 9.78 Å². The van der Waals surface area contributed by atoms with Crippen molar-refractivity contribution in [3.8, 4) is 0 Å². The number of anilines is 1. The Morgan fingerprint density at radius 1 is 1.39 bits per heavy atom. The lowest BCUT2D eigenvalue weighted by atomic mass is 9.95. The van der Waals surface area contributed by atoms with Crippen molar-refractivity contribution in [2.45, 2.75) is 32.7 Å². The highest BCUT2D eigenvalue weighted by Gasteiger charge is 2.26. The number of hydrogen-bond donors (Lipinski definition) is 1. The minimum atomic E-state index is -0.0366. The lowest BCUT2D eigenvalue weighted by Gasteiger charge is -2.32. The molecule has 1 aliphatic heterocycles. The summed E-state index contributed by atoms with van der Waals surface area (Å²) >= 11 is 1.61. The lowest BCUT2D eigenvalue weighted by Crippen LogP contribution is -2.41. The molecule has 0 aliphatic carbocycles. The highest BCUT2D eigenvalue weighted by atomic mass is 32.1. The van der Waals surface area contributed by atoms with E-state index in [9.17, 15) is 4.79 Å². The van der Waals surface area contributed by atoms with Crippen LogP contribution in [0, 0.1) is 12.8 Å². The molecule has 0 radical (unpaired) electrons. The molecule has 0 spiro atoms. The number of aromatic nitrogens is 3. The van der Waals surface area contributed by atoms with E-state index in [1.165, 1.54) is 0 Å². The molecular weight excluding hydrogens is 310 g/mol. The van der Waals surface area contributed by atoms with Gasteiger partial charge in [0.1, 0.15) is 5.82 Å². The second-order valence-corrected chi connectivity index (χ2v) is 6.91. The second-order valence-electron chi connectivity index (χ2n) is 5.85. The van der Waals surface area contributed by atoms with Gasteiger partial charge in [-0.25, -0.2) is 9.97 Å². The molecule has 1 unspecified atom stereocenters. The molecule has 0 bridgehead atoms. The molecule has 1 fully saturated rings. The van der Waals surface area contributed by atoms with Crippen LogP contribution in [0.15, 0.2) is 24.0 Å². The molecule has 122 valence electrons. The Morgan fingerprint density at radius 2 is 2.17 bits per heavy atom. The van der Waals surface area contributed by atoms with E-state index in [0.717, 1.165) is 42.5 Å². The smallest absolute Gasteiger partial charge is 0.223 e. The Morgan fingerprint density at radius 3 is 2.78 bits per heavy atom. The zero-order valence-electron chi connectivity index (χ0n) is 13.4. The average molecular weight is 331 g/mol. The zero-order chi connectivity index (χ0) is 16.2. The predicted molar refractivity (Wildman–Crippen MR) is 90.4 cm³/mol. The third kappa shape index (κ3) is 3.85. The number of amides is 1. The van der Waals surface area contributed by atoms with Gasteiger partial charge in [-0.1, -0.05) is 0 Å². The number of thiazole rings is 1. The van der Waals surface area contributed by atoms with Crippen molar-refractivity contribution in [3.63, 3.8) is 0 Å². The van der Waals surface area contributed by atoms with Crippen molar-refractivity contribution in [1.29, 1.82) is 0 Å². The van der Waals surface area contributed by atoms with Crippen molar-refractivity contribution in [3.05, 3.63) is 34.7 Å². The van der Waals surface area contributed by atoms with Crippen LogP contribution < -0.4 is 10.2 Å². The number of piperidine rings is 1. The normalized spacial score (nSPS) is 17.0. The topological polar surface area (TPSA) is 71.0 Å². The minimum absolute atomic E-state index is 0.0366. The highest BCUT2D eigenvalue weighted by Crippen LogP contribution is 2.23. The first-order valence-corrected chi connectivity index (χ1v) is 8.75. The third-order valence-electron chi connectivity index (χ3n) is 4.18. The van der Waals surface area contributed by atoms with Crippen LogP contribution in [0.4, 0.5) is 5.82 Å². The first-order chi connectivity index (χ1) is 11.1. The van der Waals surface area contributed by atoms with Gasteiger partial charge in [-0.15, -0.1) is 11.3 Å². The molecule has 1 N–H and O–H groups in total. The number of hydrogen-bond acceptors (Lipinski definition) is 6. The molecule has 6 nitrogen and oxygen atoms in total. The van der Waals surface area contributed by atoms with Crippen LogP contribution in [-0.2, 0) is 4.79 Å². The first-order valence-electron chi connectivity index (χ1n) is 7.87. The van der Waals surface area contributed by atoms with Crippen LogP contribution in [-0.4, -0.2) is 33.9 Å². The molecule has 1 aliphatic rings. The molecule has 2 aromatic rings. The summed E-state index contributed by atoms with van der Waals surface area (Å²) in [5.41, 5.74) is 0.942. The molecule has 23 heavy (non-hydrogen) atoms. The summed E-state index contributed by atoms with van der Waals surface area (Å²) in [6, 6.07) is -0.0366. The van der Waals surface area contributed by atoms with Crippen LogP contribution in [0.5, 0.6) is 0 Å². The van der Waals surface area contributed by atoms with E-state index >= 15 is 0 Å². The fourth-order valence-electron chi connectivity index (χ4n) is 2.81. The number of rotatable bonds is 4. The van der Waals surface area contributed by atoms with E-state index in [4.69, 9.17) is 0 Å². The monoisotopic (exact) mass is 331 g/mol. The standard InChI is InChI=1S/C16H21N5OS/c1-11(14-10-23-12(2)20-14)19-16(22)13-3-7-21(8-4-13)15-9-17-5-6-18-15/h5-6,9-11,13H,3-4,7-8H2,1-2H3,(H,19,22). The van der Waals surface area contributed by atoms with E-state index < -0.39 is 0 Å². The fraction of sp³-hybridized carbons (Fsp3) is 0.500. The maximum atomic E-state index is 12.4. The van der Waals surface area contributed by atoms with Gasteiger partial charge >= 0.3 is 0 Å². The quantitative estimate of drug-likeness (QED) is 0.931. The van der Waals surface area contributed by atoms with E-state index in [0.29, 0.717) is 0 Å². The van der Waals surface area contributed by atoms with E-state index in [2.05, 4.69) is 25.2 Å². The maximum absolute atomic E-state index is 12.4. The van der Waals surface area contributed by atoms with Crippen LogP contribution in [0.25, 0.3) is 0 Å². The van der Waals surface area contributed by atoms with Gasteiger partial charge < -0.3 is 10.2 Å². The predicted octanol–water partition coefficient (Wildman–Crippen LogP) is 2.34. The summed E-state index contributed by atoms with van der Waals surface area (Å²) < 4.78 is 0. The molecule has 1 amide bonds. The molecule has 0 aromatic carbocycles. The molecule has 3 rings (SSSR count). The third-order valence-corrected chi connectivity index (χ3v) is 4.97. The van der Waals surface area contributed by atoms with Crippen LogP contribution in [0.3, 0.4) is 0 Å². The van der Waals surface area contributed by atoms with Crippen molar-refractivity contribution >= 4 is 23.1 Å². The Labute approximate surface area is 140 Å². The summed E-state index contributed by atoms with van der Waals surface area (Å²) in [4.78, 5) is 27.5. The number of nitrogens with zero attached hydrogens (tertiary/aromatic N) is 4. The summed E-state index contributed by atoms with van der Waals surface area (Å²) in [5.74, 6) is 1.07. The Hall–Kier alpha value is -2.02. The Balaban J connectivity index is 1.52. The lowest BCUT2D eigenvalue weighted by molar-refractivity contribution is -0.126. The summed E-state index contributed by atoms with van der Waals surface area (Å²) in [6.07, 6.45) is 6.82. The fourth-order valence-corrected chi connectivity index (χ4v) is 3.52. The van der Waals surface area contributed by atoms with Crippen molar-refractivity contribution in [2.75, 3.05) is 18.0 Å². The molecule has 7 heteroatoms. The summed E-state index contributed by atoms with van der Waals surface area (Å²) in [7, 11) is 0. The van der Waals surface area contributed by atoms with Gasteiger partial charge in [0.15, 0.2) is 0 Å². The molecule has 0 saturated carbocycles. The highest BCUT2D eigenvalue weighted by molar-refractivity contribution is 7.09. The van der Waals surface area contributed by atoms with Gasteiger partial charge in [0, 0.05) is 36.8 Å². The molecule has 1 saturated heterocycles. The number of carbonyl (C=O) groups is 1. The van der Waals surface area contributed by atoms with Gasteiger partial charge in [-0.2, -0.15) is 0 Å². The van der Waals surface area contributed by atoms with Crippen LogP contribution in [0.2, 0.25) is 0 Å². The molecule has 3 heterocycles. The molecular formula is C16H21N5OS. The van der Waals surface area contributed by atoms with Crippen molar-refractivity contribution in [1.82, 2.24) is 20.3 Å². The SMILES string of the molecule is Cc1nc(C(C)NC(=O)C2CCN(c3cnccn3)CC2)cs1. The Kier molecular flexibility index (Phi) is 4.85. The molecule has 2 aromatic heterocycles. The van der Waals surface area contributed by atoms with Crippen LogP contribution in [0.1, 0.15) is 36.5 Å². The van der Waals surface area contributed by atoms with E-state index in [1.807, 2.05) is 19.2 Å². The van der Waals surface area contributed by atoms with Gasteiger partial charge in [0.2, 0.25) is 5.91 Å². The molecule has 1 atom stereocenters. The van der Waals surface area contributed by atoms with Crippen LogP contribution >= 0.6 is 11.3 Å². The number of nitrogens with one attached hydrogen (secondary N) is 1. The largest absolute Gasteiger partial charge is 0.355 e. The van der Waals surface area contributed by atoms with E-state index in [1.54, 1.807) is 29.9 Å². The number of aryl methyl sites for hydroxylation is 1. The second kappa shape index (κ2) is 7.04. The van der Waals surface area contributed by atoms with Gasteiger partial charge in [0.05, 0.1) is 22.9 Å².